The molecule has 1 saturated heterocycles. The van der Waals surface area contributed by atoms with Crippen LogP contribution in [0.2, 0.25) is 0 Å². The third-order valence-corrected chi connectivity index (χ3v) is 4.57. The Morgan fingerprint density at radius 1 is 1.11 bits per heavy atom. The first-order chi connectivity index (χ1) is 13.1. The smallest absolute Gasteiger partial charge is 0.194 e. The SMILES string of the molecule is CN=C(NCc1ccc(C#N)cc1)N1CCN(c2cc(F)ccc2F)CC1. The molecule has 0 spiro atoms. The van der Waals surface area contributed by atoms with E-state index in [0.29, 0.717) is 44.0 Å². The minimum Gasteiger partial charge on any atom is -0.366 e. The minimum absolute atomic E-state index is 0.301. The van der Waals surface area contributed by atoms with Crippen molar-refractivity contribution >= 4 is 11.6 Å². The first-order valence-corrected chi connectivity index (χ1v) is 8.75. The molecular formula is C20H21F2N5. The second kappa shape index (κ2) is 8.49. The van der Waals surface area contributed by atoms with Crippen LogP contribution in [-0.4, -0.2) is 44.1 Å². The lowest BCUT2D eigenvalue weighted by molar-refractivity contribution is 0.370. The predicted octanol–water partition coefficient (Wildman–Crippen LogP) is 2.73. The van der Waals surface area contributed by atoms with Gasteiger partial charge in [0.1, 0.15) is 11.6 Å². The molecule has 0 radical (unpaired) electrons. The standard InChI is InChI=1S/C20H21F2N5/c1-24-20(25-14-16-4-2-15(13-23)3-5-16)27-10-8-26(9-11-27)19-12-17(21)6-7-18(19)22/h2-7,12H,8-11,14H2,1H3,(H,24,25). The van der Waals surface area contributed by atoms with E-state index in [-0.39, 0.29) is 0 Å². The summed E-state index contributed by atoms with van der Waals surface area (Å²) in [6.45, 7) is 3.07. The summed E-state index contributed by atoms with van der Waals surface area (Å²) >= 11 is 0. The Balaban J connectivity index is 1.57. The molecule has 1 aliphatic heterocycles. The normalized spacial score (nSPS) is 14.8. The molecule has 0 amide bonds. The highest BCUT2D eigenvalue weighted by Gasteiger charge is 2.22. The summed E-state index contributed by atoms with van der Waals surface area (Å²) < 4.78 is 27.4. The monoisotopic (exact) mass is 369 g/mol. The molecule has 1 heterocycles. The molecular weight excluding hydrogens is 348 g/mol. The first kappa shape index (κ1) is 18.6. The largest absolute Gasteiger partial charge is 0.366 e. The fraction of sp³-hybridized carbons (Fsp3) is 0.300. The van der Waals surface area contributed by atoms with Gasteiger partial charge in [-0.15, -0.1) is 0 Å². The van der Waals surface area contributed by atoms with Crippen molar-refractivity contribution in [2.75, 3.05) is 38.1 Å². The minimum atomic E-state index is -0.436. The maximum atomic E-state index is 14.0. The maximum Gasteiger partial charge on any atom is 0.194 e. The van der Waals surface area contributed by atoms with Crippen LogP contribution in [0, 0.1) is 23.0 Å². The topological polar surface area (TPSA) is 54.7 Å². The van der Waals surface area contributed by atoms with E-state index in [1.807, 2.05) is 17.0 Å². The molecule has 2 aromatic carbocycles. The zero-order valence-corrected chi connectivity index (χ0v) is 15.1. The number of nitrogens with zero attached hydrogens (tertiary/aromatic N) is 4. The average Bonchev–Trinajstić information content (AvgIpc) is 2.71. The molecule has 0 atom stereocenters. The van der Waals surface area contributed by atoms with Gasteiger partial charge in [0.25, 0.3) is 0 Å². The highest BCUT2D eigenvalue weighted by atomic mass is 19.1. The highest BCUT2D eigenvalue weighted by molar-refractivity contribution is 5.80. The third kappa shape index (κ3) is 4.53. The number of rotatable bonds is 3. The van der Waals surface area contributed by atoms with Gasteiger partial charge in [0, 0.05) is 45.8 Å². The van der Waals surface area contributed by atoms with Crippen molar-refractivity contribution in [1.82, 2.24) is 10.2 Å². The number of benzene rings is 2. The van der Waals surface area contributed by atoms with Crippen LogP contribution in [-0.2, 0) is 6.54 Å². The van der Waals surface area contributed by atoms with Gasteiger partial charge in [0.2, 0.25) is 0 Å². The van der Waals surface area contributed by atoms with Gasteiger partial charge in [-0.1, -0.05) is 12.1 Å². The molecule has 27 heavy (non-hydrogen) atoms. The molecule has 3 rings (SSSR count). The summed E-state index contributed by atoms with van der Waals surface area (Å²) in [5.74, 6) is -0.0828. The van der Waals surface area contributed by atoms with Gasteiger partial charge < -0.3 is 15.1 Å². The molecule has 0 aromatic heterocycles. The Hall–Kier alpha value is -3.14. The molecule has 140 valence electrons. The Morgan fingerprint density at radius 3 is 2.44 bits per heavy atom. The van der Waals surface area contributed by atoms with Crippen LogP contribution in [0.3, 0.4) is 0 Å². The summed E-state index contributed by atoms with van der Waals surface area (Å²) in [6, 6.07) is 13.0. The average molecular weight is 369 g/mol. The lowest BCUT2D eigenvalue weighted by Crippen LogP contribution is -2.52. The molecule has 1 N–H and O–H groups in total. The van der Waals surface area contributed by atoms with Crippen molar-refractivity contribution in [2.24, 2.45) is 4.99 Å². The second-order valence-corrected chi connectivity index (χ2v) is 6.28. The molecule has 0 aliphatic carbocycles. The van der Waals surface area contributed by atoms with E-state index in [1.165, 1.54) is 6.07 Å². The summed E-state index contributed by atoms with van der Waals surface area (Å²) in [5, 5.41) is 12.2. The number of halogens is 2. The van der Waals surface area contributed by atoms with Gasteiger partial charge in [-0.25, -0.2) is 8.78 Å². The van der Waals surface area contributed by atoms with E-state index >= 15 is 0 Å². The fourth-order valence-corrected chi connectivity index (χ4v) is 3.10. The van der Waals surface area contributed by atoms with Crippen molar-refractivity contribution in [3.63, 3.8) is 0 Å². The summed E-state index contributed by atoms with van der Waals surface area (Å²) in [6.07, 6.45) is 0. The zero-order valence-electron chi connectivity index (χ0n) is 15.1. The predicted molar refractivity (Wildman–Crippen MR) is 101 cm³/mol. The van der Waals surface area contributed by atoms with Crippen molar-refractivity contribution in [3.8, 4) is 6.07 Å². The van der Waals surface area contributed by atoms with E-state index in [0.717, 1.165) is 23.7 Å². The van der Waals surface area contributed by atoms with Crippen molar-refractivity contribution < 1.29 is 8.78 Å². The Labute approximate surface area is 157 Å². The molecule has 0 saturated carbocycles. The van der Waals surface area contributed by atoms with Crippen molar-refractivity contribution in [3.05, 3.63) is 65.2 Å². The van der Waals surface area contributed by atoms with Gasteiger partial charge in [-0.3, -0.25) is 4.99 Å². The van der Waals surface area contributed by atoms with Gasteiger partial charge in [-0.2, -0.15) is 5.26 Å². The number of anilines is 1. The molecule has 2 aromatic rings. The maximum absolute atomic E-state index is 14.0. The number of hydrogen-bond acceptors (Lipinski definition) is 3. The van der Waals surface area contributed by atoms with Crippen LogP contribution in [0.15, 0.2) is 47.5 Å². The van der Waals surface area contributed by atoms with Gasteiger partial charge in [0.15, 0.2) is 5.96 Å². The number of guanidine groups is 1. The fourth-order valence-electron chi connectivity index (χ4n) is 3.10. The quantitative estimate of drug-likeness (QED) is 0.668. The number of nitriles is 1. The van der Waals surface area contributed by atoms with Crippen LogP contribution in [0.1, 0.15) is 11.1 Å². The molecule has 7 heteroatoms. The number of aliphatic imine (C=N–C) groups is 1. The third-order valence-electron chi connectivity index (χ3n) is 4.57. The van der Waals surface area contributed by atoms with Crippen LogP contribution in [0.5, 0.6) is 0 Å². The van der Waals surface area contributed by atoms with E-state index in [9.17, 15) is 8.78 Å². The number of hydrogen-bond donors (Lipinski definition) is 1. The van der Waals surface area contributed by atoms with Crippen molar-refractivity contribution in [2.45, 2.75) is 6.54 Å². The van der Waals surface area contributed by atoms with Gasteiger partial charge >= 0.3 is 0 Å². The highest BCUT2D eigenvalue weighted by Crippen LogP contribution is 2.22. The zero-order chi connectivity index (χ0) is 19.2. The molecule has 0 bridgehead atoms. The Kier molecular flexibility index (Phi) is 5.87. The molecule has 1 aliphatic rings. The molecule has 5 nitrogen and oxygen atoms in total. The first-order valence-electron chi connectivity index (χ1n) is 8.75. The van der Waals surface area contributed by atoms with Gasteiger partial charge in [0.05, 0.1) is 17.3 Å². The second-order valence-electron chi connectivity index (χ2n) is 6.28. The lowest BCUT2D eigenvalue weighted by atomic mass is 10.1. The van der Waals surface area contributed by atoms with Crippen LogP contribution in [0.25, 0.3) is 0 Å². The Bertz CT molecular complexity index is 850. The van der Waals surface area contributed by atoms with Gasteiger partial charge in [-0.05, 0) is 29.8 Å². The van der Waals surface area contributed by atoms with E-state index < -0.39 is 11.6 Å². The van der Waals surface area contributed by atoms with E-state index in [4.69, 9.17) is 5.26 Å². The lowest BCUT2D eigenvalue weighted by Gasteiger charge is -2.37. The summed E-state index contributed by atoms with van der Waals surface area (Å²) in [5.41, 5.74) is 1.98. The van der Waals surface area contributed by atoms with Crippen LogP contribution < -0.4 is 10.2 Å². The van der Waals surface area contributed by atoms with E-state index in [2.05, 4.69) is 21.3 Å². The number of piperazine rings is 1. The van der Waals surface area contributed by atoms with E-state index in [1.54, 1.807) is 19.2 Å². The molecule has 0 unspecified atom stereocenters. The molecule has 1 fully saturated rings. The van der Waals surface area contributed by atoms with Crippen LogP contribution >= 0.6 is 0 Å². The summed E-state index contributed by atoms with van der Waals surface area (Å²) in [7, 11) is 1.72. The number of nitrogens with one attached hydrogen (secondary N) is 1. The van der Waals surface area contributed by atoms with Crippen molar-refractivity contribution in [1.29, 1.82) is 5.26 Å². The Morgan fingerprint density at radius 2 is 1.81 bits per heavy atom. The summed E-state index contributed by atoms with van der Waals surface area (Å²) in [4.78, 5) is 8.26. The van der Waals surface area contributed by atoms with Crippen LogP contribution in [0.4, 0.5) is 14.5 Å².